The Morgan fingerprint density at radius 3 is 2.55 bits per heavy atom. The standard InChI is InChI=1S/C28H36N4O5S/c1-4-26(36-21-23-14-16-25(34-3)17-15-23)27(37-22-35-19-18-33-2)13-9-6-10-20-38-28-29-30-31-32(28)24-11-7-5-8-12-24/h4-8,10-12,14-17,26-27H,1,9,13,18-22H2,2-3H3/b10-6+/t26-,27-/m0/s1. The summed E-state index contributed by atoms with van der Waals surface area (Å²) in [5.41, 5.74) is 1.98. The molecule has 0 amide bonds. The van der Waals surface area contributed by atoms with Crippen molar-refractivity contribution in [2.24, 2.45) is 0 Å². The van der Waals surface area contributed by atoms with Crippen LogP contribution in [0.1, 0.15) is 18.4 Å². The first-order valence-electron chi connectivity index (χ1n) is 12.4. The average molecular weight is 541 g/mol. The molecule has 10 heteroatoms. The molecule has 2 atom stereocenters. The summed E-state index contributed by atoms with van der Waals surface area (Å²) < 4.78 is 29.7. The Labute approximate surface area is 228 Å². The summed E-state index contributed by atoms with van der Waals surface area (Å²) in [7, 11) is 3.29. The Balaban J connectivity index is 1.49. The summed E-state index contributed by atoms with van der Waals surface area (Å²) in [5.74, 6) is 1.56. The lowest BCUT2D eigenvalue weighted by atomic mass is 10.1. The Hall–Kier alpha value is -3.02. The van der Waals surface area contributed by atoms with Crippen molar-refractivity contribution in [3.8, 4) is 11.4 Å². The molecule has 38 heavy (non-hydrogen) atoms. The summed E-state index contributed by atoms with van der Waals surface area (Å²) in [6.07, 6.45) is 7.08. The molecule has 0 saturated heterocycles. The van der Waals surface area contributed by atoms with Crippen molar-refractivity contribution in [3.63, 3.8) is 0 Å². The minimum absolute atomic E-state index is 0.159. The predicted molar refractivity (Wildman–Crippen MR) is 148 cm³/mol. The maximum Gasteiger partial charge on any atom is 0.214 e. The zero-order valence-corrected chi connectivity index (χ0v) is 22.8. The van der Waals surface area contributed by atoms with E-state index in [2.05, 4.69) is 34.3 Å². The topological polar surface area (TPSA) is 89.8 Å². The van der Waals surface area contributed by atoms with Crippen molar-refractivity contribution in [2.45, 2.75) is 36.8 Å². The number of rotatable bonds is 19. The Morgan fingerprint density at radius 2 is 1.82 bits per heavy atom. The molecule has 2 aromatic carbocycles. The van der Waals surface area contributed by atoms with Crippen LogP contribution in [0.25, 0.3) is 5.69 Å². The summed E-state index contributed by atoms with van der Waals surface area (Å²) >= 11 is 1.58. The van der Waals surface area contributed by atoms with Crippen LogP contribution in [0.3, 0.4) is 0 Å². The van der Waals surface area contributed by atoms with E-state index in [1.54, 1.807) is 36.7 Å². The molecule has 3 aromatic rings. The number of benzene rings is 2. The van der Waals surface area contributed by atoms with Gasteiger partial charge in [0.25, 0.3) is 0 Å². The van der Waals surface area contributed by atoms with E-state index < -0.39 is 0 Å². The second-order valence-electron chi connectivity index (χ2n) is 8.15. The van der Waals surface area contributed by atoms with Gasteiger partial charge < -0.3 is 23.7 Å². The van der Waals surface area contributed by atoms with Crippen LogP contribution in [0.15, 0.2) is 84.6 Å². The monoisotopic (exact) mass is 540 g/mol. The number of ether oxygens (including phenoxy) is 5. The minimum Gasteiger partial charge on any atom is -0.497 e. The van der Waals surface area contributed by atoms with Gasteiger partial charge >= 0.3 is 0 Å². The molecule has 0 aliphatic carbocycles. The number of para-hydroxylation sites is 1. The lowest BCUT2D eigenvalue weighted by Crippen LogP contribution is -2.31. The molecular weight excluding hydrogens is 504 g/mol. The van der Waals surface area contributed by atoms with Crippen LogP contribution < -0.4 is 4.74 Å². The van der Waals surface area contributed by atoms with E-state index in [1.807, 2.05) is 54.6 Å². The summed E-state index contributed by atoms with van der Waals surface area (Å²) in [6, 6.07) is 17.6. The number of hydrogen-bond acceptors (Lipinski definition) is 9. The molecule has 204 valence electrons. The summed E-state index contributed by atoms with van der Waals surface area (Å²) in [6.45, 7) is 5.55. The second-order valence-corrected chi connectivity index (χ2v) is 9.14. The van der Waals surface area contributed by atoms with Gasteiger partial charge in [-0.15, -0.1) is 11.7 Å². The first-order chi connectivity index (χ1) is 18.7. The smallest absolute Gasteiger partial charge is 0.214 e. The molecule has 1 aromatic heterocycles. The molecule has 0 fully saturated rings. The van der Waals surface area contributed by atoms with Gasteiger partial charge in [-0.1, -0.05) is 60.3 Å². The first-order valence-corrected chi connectivity index (χ1v) is 13.4. The summed E-state index contributed by atoms with van der Waals surface area (Å²) in [4.78, 5) is 0. The molecule has 1 heterocycles. The van der Waals surface area contributed by atoms with Gasteiger partial charge in [0.15, 0.2) is 0 Å². The van der Waals surface area contributed by atoms with E-state index in [0.29, 0.717) is 19.8 Å². The highest BCUT2D eigenvalue weighted by atomic mass is 32.2. The van der Waals surface area contributed by atoms with Crippen LogP contribution in [0.2, 0.25) is 0 Å². The number of hydrogen-bond donors (Lipinski definition) is 0. The van der Waals surface area contributed by atoms with E-state index in [0.717, 1.165) is 40.8 Å². The van der Waals surface area contributed by atoms with Crippen LogP contribution >= 0.6 is 11.8 Å². The Bertz CT molecular complexity index is 1080. The lowest BCUT2D eigenvalue weighted by molar-refractivity contribution is -0.135. The quantitative estimate of drug-likeness (QED) is 0.0914. The zero-order valence-electron chi connectivity index (χ0n) is 22.0. The zero-order chi connectivity index (χ0) is 26.8. The third-order valence-electron chi connectivity index (χ3n) is 5.53. The summed E-state index contributed by atoms with van der Waals surface area (Å²) in [5, 5.41) is 12.8. The van der Waals surface area contributed by atoms with Gasteiger partial charge in [0.1, 0.15) is 18.6 Å². The Kier molecular flexibility index (Phi) is 13.6. The fourth-order valence-electron chi connectivity index (χ4n) is 3.49. The average Bonchev–Trinajstić information content (AvgIpc) is 3.44. The third-order valence-corrected chi connectivity index (χ3v) is 6.40. The van der Waals surface area contributed by atoms with Gasteiger partial charge in [-0.05, 0) is 53.1 Å². The fraction of sp³-hybridized carbons (Fsp3) is 0.393. The maximum absolute atomic E-state index is 6.16. The lowest BCUT2D eigenvalue weighted by Gasteiger charge is -2.25. The van der Waals surface area contributed by atoms with Crippen LogP contribution in [0.4, 0.5) is 0 Å². The SMILES string of the molecule is C=C[C@H](OCc1ccc(OC)cc1)[C@H](CC/C=C/CSc1nnnn1-c1ccccc1)OCOCCOC. The van der Waals surface area contributed by atoms with E-state index >= 15 is 0 Å². The molecular formula is C28H36N4O5S. The number of thioether (sulfide) groups is 1. The molecule has 0 radical (unpaired) electrons. The van der Waals surface area contributed by atoms with Crippen LogP contribution in [0.5, 0.6) is 5.75 Å². The number of aromatic nitrogens is 4. The number of methoxy groups -OCH3 is 2. The van der Waals surface area contributed by atoms with Gasteiger partial charge in [-0.3, -0.25) is 0 Å². The van der Waals surface area contributed by atoms with Crippen molar-refractivity contribution in [3.05, 3.63) is 85.0 Å². The fourth-order valence-corrected chi connectivity index (χ4v) is 4.23. The molecule has 0 unspecified atom stereocenters. The van der Waals surface area contributed by atoms with E-state index in [4.69, 9.17) is 23.7 Å². The van der Waals surface area contributed by atoms with Crippen molar-refractivity contribution in [1.82, 2.24) is 20.2 Å². The second kappa shape index (κ2) is 17.5. The molecule has 0 bridgehead atoms. The van der Waals surface area contributed by atoms with Gasteiger partial charge in [0.05, 0.1) is 38.7 Å². The molecule has 0 aliphatic heterocycles. The molecule has 3 rings (SSSR count). The third kappa shape index (κ3) is 10.0. The van der Waals surface area contributed by atoms with Gasteiger partial charge in [0, 0.05) is 12.9 Å². The molecule has 0 saturated carbocycles. The van der Waals surface area contributed by atoms with E-state index in [1.165, 1.54) is 0 Å². The Morgan fingerprint density at radius 1 is 1.00 bits per heavy atom. The molecule has 0 spiro atoms. The van der Waals surface area contributed by atoms with Crippen molar-refractivity contribution in [2.75, 3.05) is 40.0 Å². The van der Waals surface area contributed by atoms with Gasteiger partial charge in [-0.2, -0.15) is 4.68 Å². The van der Waals surface area contributed by atoms with Crippen molar-refractivity contribution < 1.29 is 23.7 Å². The van der Waals surface area contributed by atoms with E-state index in [-0.39, 0.29) is 19.0 Å². The number of allylic oxidation sites excluding steroid dienone is 1. The molecule has 0 aliphatic rings. The predicted octanol–water partition coefficient (Wildman–Crippen LogP) is 4.88. The van der Waals surface area contributed by atoms with Gasteiger partial charge in [0.2, 0.25) is 5.16 Å². The van der Waals surface area contributed by atoms with Gasteiger partial charge in [-0.25, -0.2) is 0 Å². The van der Waals surface area contributed by atoms with E-state index in [9.17, 15) is 0 Å². The largest absolute Gasteiger partial charge is 0.497 e. The maximum atomic E-state index is 6.16. The highest BCUT2D eigenvalue weighted by Crippen LogP contribution is 2.19. The van der Waals surface area contributed by atoms with Crippen molar-refractivity contribution in [1.29, 1.82) is 0 Å². The first kappa shape index (κ1) is 29.5. The number of nitrogens with zero attached hydrogens (tertiary/aromatic N) is 4. The van der Waals surface area contributed by atoms with Crippen molar-refractivity contribution >= 4 is 11.8 Å². The molecule has 0 N–H and O–H groups in total. The highest BCUT2D eigenvalue weighted by Gasteiger charge is 2.20. The molecule has 9 nitrogen and oxygen atoms in total. The van der Waals surface area contributed by atoms with Crippen LogP contribution in [0, 0.1) is 0 Å². The minimum atomic E-state index is -0.290. The van der Waals surface area contributed by atoms with Crippen LogP contribution in [-0.4, -0.2) is 72.4 Å². The highest BCUT2D eigenvalue weighted by molar-refractivity contribution is 7.99. The number of tetrazole rings is 1. The normalized spacial score (nSPS) is 13.0. The van der Waals surface area contributed by atoms with Crippen LogP contribution in [-0.2, 0) is 25.6 Å².